The third kappa shape index (κ3) is 6.37. The highest BCUT2D eigenvalue weighted by molar-refractivity contribution is 5.96. The Morgan fingerprint density at radius 2 is 1.32 bits per heavy atom. The van der Waals surface area contributed by atoms with Crippen molar-refractivity contribution in [1.82, 2.24) is 5.32 Å². The Bertz CT molecular complexity index is 935. The molecule has 0 heterocycles. The van der Waals surface area contributed by atoms with Crippen LogP contribution < -0.4 is 5.32 Å². The van der Waals surface area contributed by atoms with E-state index in [9.17, 15) is 14.4 Å². The van der Waals surface area contributed by atoms with E-state index in [0.29, 0.717) is 12.0 Å². The van der Waals surface area contributed by atoms with E-state index in [1.165, 1.54) is 0 Å². The van der Waals surface area contributed by atoms with Crippen LogP contribution in [0.5, 0.6) is 0 Å². The fraction of sp³-hybridized carbons (Fsp3) is 0.192. The van der Waals surface area contributed by atoms with Crippen LogP contribution in [0.1, 0.15) is 46.9 Å². The number of nitrogens with one attached hydrogen (secondary N) is 1. The average Bonchev–Trinajstić information content (AvgIpc) is 2.83. The zero-order chi connectivity index (χ0) is 21.9. The number of rotatable bonds is 10. The predicted octanol–water partition coefficient (Wildman–Crippen LogP) is 4.40. The molecule has 0 aliphatic carbocycles. The highest BCUT2D eigenvalue weighted by Crippen LogP contribution is 2.26. The van der Waals surface area contributed by atoms with E-state index in [4.69, 9.17) is 4.74 Å². The van der Waals surface area contributed by atoms with Crippen molar-refractivity contribution in [3.8, 4) is 0 Å². The summed E-state index contributed by atoms with van der Waals surface area (Å²) >= 11 is 0. The molecule has 0 saturated heterocycles. The third-order valence-corrected chi connectivity index (χ3v) is 4.84. The summed E-state index contributed by atoms with van der Waals surface area (Å²) in [6.45, 7) is 0. The van der Waals surface area contributed by atoms with Crippen LogP contribution in [-0.4, -0.2) is 24.2 Å². The summed E-state index contributed by atoms with van der Waals surface area (Å²) in [6.07, 6.45) is 2.10. The van der Waals surface area contributed by atoms with E-state index in [2.05, 4.69) is 5.32 Å². The van der Waals surface area contributed by atoms with Gasteiger partial charge in [0, 0.05) is 12.0 Å². The first kappa shape index (κ1) is 22.0. The lowest BCUT2D eigenvalue weighted by atomic mass is 10.0. The normalized spacial score (nSPS) is 11.5. The molecule has 1 unspecified atom stereocenters. The molecule has 0 spiro atoms. The molecule has 0 aliphatic rings. The second kappa shape index (κ2) is 11.5. The minimum Gasteiger partial charge on any atom is -0.451 e. The molecule has 0 bridgehead atoms. The Labute approximate surface area is 182 Å². The van der Waals surface area contributed by atoms with Gasteiger partial charge in [-0.15, -0.1) is 0 Å². The van der Waals surface area contributed by atoms with Crippen molar-refractivity contribution >= 4 is 18.2 Å². The van der Waals surface area contributed by atoms with Crippen molar-refractivity contribution in [3.63, 3.8) is 0 Å². The summed E-state index contributed by atoms with van der Waals surface area (Å²) in [6, 6.07) is 26.7. The fourth-order valence-corrected chi connectivity index (χ4v) is 3.24. The number of unbranched alkanes of at least 4 members (excludes halogenated alkanes) is 1. The van der Waals surface area contributed by atoms with Gasteiger partial charge in [0.25, 0.3) is 5.91 Å². The molecule has 1 N–H and O–H groups in total. The highest BCUT2D eigenvalue weighted by Gasteiger charge is 2.27. The summed E-state index contributed by atoms with van der Waals surface area (Å²) in [5.74, 6) is -0.915. The second-order valence-corrected chi connectivity index (χ2v) is 7.07. The topological polar surface area (TPSA) is 72.5 Å². The van der Waals surface area contributed by atoms with Crippen molar-refractivity contribution in [3.05, 3.63) is 108 Å². The maximum atomic E-state index is 13.1. The summed E-state index contributed by atoms with van der Waals surface area (Å²) in [5, 5.41) is 2.76. The van der Waals surface area contributed by atoms with E-state index in [1.807, 2.05) is 73.0 Å². The molecule has 0 fully saturated rings. The molecule has 1 atom stereocenters. The quantitative estimate of drug-likeness (QED) is 0.394. The van der Waals surface area contributed by atoms with Gasteiger partial charge in [-0.2, -0.15) is 0 Å². The van der Waals surface area contributed by atoms with Crippen LogP contribution in [0.25, 0.3) is 0 Å². The molecule has 157 valence electrons. The molecule has 5 heteroatoms. The maximum Gasteiger partial charge on any atom is 0.329 e. The molecule has 0 aromatic heterocycles. The van der Waals surface area contributed by atoms with Crippen LogP contribution in [0.3, 0.4) is 0 Å². The zero-order valence-corrected chi connectivity index (χ0v) is 17.1. The number of amides is 1. The summed E-state index contributed by atoms with van der Waals surface area (Å²) in [4.78, 5) is 36.4. The van der Waals surface area contributed by atoms with E-state index in [-0.39, 0.29) is 18.7 Å². The number of carbonyl (C=O) groups excluding carboxylic acids is 3. The van der Waals surface area contributed by atoms with Crippen molar-refractivity contribution in [1.29, 1.82) is 0 Å². The molecular formula is C26H24NO4. The molecular weight excluding hydrogens is 390 g/mol. The van der Waals surface area contributed by atoms with Crippen LogP contribution in [0.15, 0.2) is 91.0 Å². The van der Waals surface area contributed by atoms with Crippen LogP contribution in [0.2, 0.25) is 0 Å². The lowest BCUT2D eigenvalue weighted by Crippen LogP contribution is -2.42. The molecule has 3 aromatic rings. The lowest BCUT2D eigenvalue weighted by Gasteiger charge is -2.23. The first-order valence-corrected chi connectivity index (χ1v) is 10.2. The van der Waals surface area contributed by atoms with Gasteiger partial charge in [-0.05, 0) is 36.1 Å². The van der Waals surface area contributed by atoms with E-state index >= 15 is 0 Å². The molecule has 31 heavy (non-hydrogen) atoms. The Balaban J connectivity index is 1.80. The number of ether oxygens (including phenoxy) is 1. The van der Waals surface area contributed by atoms with Gasteiger partial charge in [0.15, 0.2) is 12.4 Å². The zero-order valence-electron chi connectivity index (χ0n) is 17.1. The van der Waals surface area contributed by atoms with Gasteiger partial charge in [-0.25, -0.2) is 4.79 Å². The van der Waals surface area contributed by atoms with Gasteiger partial charge < -0.3 is 10.1 Å². The third-order valence-electron chi connectivity index (χ3n) is 4.84. The van der Waals surface area contributed by atoms with E-state index in [0.717, 1.165) is 11.1 Å². The van der Waals surface area contributed by atoms with E-state index in [1.54, 1.807) is 24.3 Å². The van der Waals surface area contributed by atoms with Gasteiger partial charge in [-0.1, -0.05) is 78.9 Å². The maximum absolute atomic E-state index is 13.1. The number of esters is 1. The van der Waals surface area contributed by atoms with Gasteiger partial charge in [0.05, 0.1) is 0 Å². The van der Waals surface area contributed by atoms with Crippen LogP contribution in [0.4, 0.5) is 0 Å². The van der Waals surface area contributed by atoms with Gasteiger partial charge in [0.2, 0.25) is 0 Å². The first-order chi connectivity index (χ1) is 15.2. The average molecular weight is 414 g/mol. The molecule has 1 radical (unpaired) electrons. The van der Waals surface area contributed by atoms with Crippen molar-refractivity contribution < 1.29 is 19.1 Å². The number of hydrogen-bond donors (Lipinski definition) is 1. The lowest BCUT2D eigenvalue weighted by molar-refractivity contribution is -0.150. The number of benzene rings is 3. The molecule has 5 nitrogen and oxygen atoms in total. The number of hydrogen-bond acceptors (Lipinski definition) is 4. The van der Waals surface area contributed by atoms with Crippen molar-refractivity contribution in [2.24, 2.45) is 0 Å². The first-order valence-electron chi connectivity index (χ1n) is 10.2. The molecule has 3 aromatic carbocycles. The minimum atomic E-state index is -0.879. The van der Waals surface area contributed by atoms with Crippen LogP contribution in [0, 0.1) is 0 Å². The van der Waals surface area contributed by atoms with E-state index < -0.39 is 18.1 Å². The van der Waals surface area contributed by atoms with Crippen LogP contribution in [-0.2, 0) is 14.3 Å². The molecule has 0 aliphatic heterocycles. The Morgan fingerprint density at radius 3 is 1.84 bits per heavy atom. The largest absolute Gasteiger partial charge is 0.451 e. The Kier molecular flexibility index (Phi) is 8.12. The van der Waals surface area contributed by atoms with Gasteiger partial charge >= 0.3 is 5.97 Å². The Morgan fingerprint density at radius 1 is 0.806 bits per heavy atom. The monoisotopic (exact) mass is 414 g/mol. The Hall–Kier alpha value is -3.73. The summed E-state index contributed by atoms with van der Waals surface area (Å²) < 4.78 is 5.90. The van der Waals surface area contributed by atoms with Crippen LogP contribution >= 0.6 is 0 Å². The predicted molar refractivity (Wildman–Crippen MR) is 118 cm³/mol. The van der Waals surface area contributed by atoms with Gasteiger partial charge in [-0.3, -0.25) is 9.59 Å². The fourth-order valence-electron chi connectivity index (χ4n) is 3.24. The minimum absolute atomic E-state index is 0.186. The molecule has 3 rings (SSSR count). The smallest absolute Gasteiger partial charge is 0.329 e. The van der Waals surface area contributed by atoms with Crippen molar-refractivity contribution in [2.45, 2.75) is 31.4 Å². The standard InChI is InChI=1S/C26H24NO4/c28-19-11-10-18-23(27-25(29)22-16-8-3-9-17-22)26(30)31-24(20-12-4-1-5-13-20)21-14-6-2-7-15-21/h1-9,12-17,23-24H,10-11,18H2,(H,27,29). The van der Waals surface area contributed by atoms with Gasteiger partial charge in [0.1, 0.15) is 6.04 Å². The molecule has 0 saturated carbocycles. The summed E-state index contributed by atoms with van der Waals surface area (Å²) in [7, 11) is 0. The SMILES string of the molecule is O=[C]CCCC(NC(=O)c1ccccc1)C(=O)OC(c1ccccc1)c1ccccc1. The molecule has 1 amide bonds. The highest BCUT2D eigenvalue weighted by atomic mass is 16.5. The van der Waals surface area contributed by atoms with Crippen molar-refractivity contribution in [2.75, 3.05) is 0 Å². The summed E-state index contributed by atoms with van der Waals surface area (Å²) in [5.41, 5.74) is 2.11. The number of carbonyl (C=O) groups is 2. The second-order valence-electron chi connectivity index (χ2n) is 7.07.